The van der Waals surface area contributed by atoms with E-state index in [-0.39, 0.29) is 17.7 Å². The number of nitrogens with one attached hydrogen (secondary N) is 1. The zero-order valence-electron chi connectivity index (χ0n) is 14.9. The lowest BCUT2D eigenvalue weighted by Crippen LogP contribution is -2.34. The lowest BCUT2D eigenvalue weighted by molar-refractivity contribution is 0.0711. The summed E-state index contributed by atoms with van der Waals surface area (Å²) in [7, 11) is 0. The predicted molar refractivity (Wildman–Crippen MR) is 103 cm³/mol. The Labute approximate surface area is 157 Å². The molecule has 2 saturated heterocycles. The van der Waals surface area contributed by atoms with Crippen LogP contribution in [0.15, 0.2) is 60.8 Å². The van der Waals surface area contributed by atoms with Crippen molar-refractivity contribution in [3.8, 4) is 5.75 Å². The summed E-state index contributed by atoms with van der Waals surface area (Å²) in [6.07, 6.45) is 1.63. The van der Waals surface area contributed by atoms with Crippen molar-refractivity contribution in [3.63, 3.8) is 0 Å². The van der Waals surface area contributed by atoms with E-state index in [4.69, 9.17) is 0 Å². The van der Waals surface area contributed by atoms with Gasteiger partial charge in [-0.25, -0.2) is 0 Å². The molecule has 3 aromatic rings. The predicted octanol–water partition coefficient (Wildman–Crippen LogP) is 2.97. The first-order valence-corrected chi connectivity index (χ1v) is 9.37. The third kappa shape index (κ3) is 2.58. The Hall–Kier alpha value is -2.92. The topological polar surface area (TPSA) is 65.5 Å². The number of rotatable bonds is 2. The van der Waals surface area contributed by atoms with Gasteiger partial charge >= 0.3 is 0 Å². The summed E-state index contributed by atoms with van der Waals surface area (Å²) in [5.74, 6) is 0.695. The first-order valence-electron chi connectivity index (χ1n) is 9.37. The molecule has 0 aliphatic carbocycles. The molecule has 2 fully saturated rings. The Kier molecular flexibility index (Phi) is 3.83. The molecule has 0 bridgehead atoms. The van der Waals surface area contributed by atoms with Crippen LogP contribution in [0.1, 0.15) is 22.0 Å². The van der Waals surface area contributed by atoms with Gasteiger partial charge in [0, 0.05) is 37.1 Å². The van der Waals surface area contributed by atoms with Gasteiger partial charge in [-0.05, 0) is 23.6 Å². The van der Waals surface area contributed by atoms with Crippen LogP contribution < -0.4 is 5.32 Å². The van der Waals surface area contributed by atoms with E-state index in [1.54, 1.807) is 12.3 Å². The third-order valence-corrected chi connectivity index (χ3v) is 5.94. The van der Waals surface area contributed by atoms with Gasteiger partial charge in [0.05, 0.1) is 11.6 Å². The van der Waals surface area contributed by atoms with Crippen LogP contribution in [0.25, 0.3) is 10.9 Å². The number of amides is 1. The normalized spacial score (nSPS) is 24.3. The molecule has 0 unspecified atom stereocenters. The molecule has 1 amide bonds. The fraction of sp³-hybridized carbons (Fsp3) is 0.273. The summed E-state index contributed by atoms with van der Waals surface area (Å²) in [4.78, 5) is 19.6. The molecular weight excluding hydrogens is 338 g/mol. The minimum Gasteiger partial charge on any atom is -0.505 e. The molecule has 3 atom stereocenters. The number of pyridine rings is 1. The number of hydrogen-bond acceptors (Lipinski definition) is 4. The molecule has 5 nitrogen and oxygen atoms in total. The maximum absolute atomic E-state index is 13.4. The summed E-state index contributed by atoms with van der Waals surface area (Å²) in [6, 6.07) is 17.5. The highest BCUT2D eigenvalue weighted by Gasteiger charge is 2.47. The molecule has 2 aliphatic heterocycles. The van der Waals surface area contributed by atoms with E-state index in [2.05, 4.69) is 22.4 Å². The van der Waals surface area contributed by atoms with Crippen LogP contribution in [0.4, 0.5) is 0 Å². The molecule has 0 spiro atoms. The second kappa shape index (κ2) is 6.35. The van der Waals surface area contributed by atoms with Crippen molar-refractivity contribution in [1.29, 1.82) is 0 Å². The summed E-state index contributed by atoms with van der Waals surface area (Å²) in [6.45, 7) is 2.55. The van der Waals surface area contributed by atoms with Gasteiger partial charge in [0.2, 0.25) is 0 Å². The van der Waals surface area contributed by atoms with Crippen molar-refractivity contribution in [2.24, 2.45) is 11.8 Å². The van der Waals surface area contributed by atoms with E-state index >= 15 is 0 Å². The molecule has 0 radical (unpaired) electrons. The third-order valence-electron chi connectivity index (χ3n) is 5.94. The largest absolute Gasteiger partial charge is 0.505 e. The Bertz CT molecular complexity index is 1000. The van der Waals surface area contributed by atoms with Crippen LogP contribution in [0.5, 0.6) is 5.75 Å². The Morgan fingerprint density at radius 2 is 1.93 bits per heavy atom. The highest BCUT2D eigenvalue weighted by molar-refractivity contribution is 6.02. The standard InChI is InChI=1S/C22H21N3O2/c26-21-17(9-8-14-7-4-10-24-19(14)21)22(27)25-13-16-11-23-12-18(16)20(25)15-5-2-1-3-6-15/h1-10,16,18,20,23,26H,11-13H2/t16-,18-,20+/m0/s1. The van der Waals surface area contributed by atoms with E-state index in [0.717, 1.165) is 24.0 Å². The Morgan fingerprint density at radius 1 is 1.07 bits per heavy atom. The van der Waals surface area contributed by atoms with Crippen molar-refractivity contribution < 1.29 is 9.90 Å². The van der Waals surface area contributed by atoms with Crippen LogP contribution in [-0.2, 0) is 0 Å². The van der Waals surface area contributed by atoms with Crippen LogP contribution in [0.3, 0.4) is 0 Å². The van der Waals surface area contributed by atoms with Crippen molar-refractivity contribution in [2.45, 2.75) is 6.04 Å². The molecule has 2 aliphatic rings. The quantitative estimate of drug-likeness (QED) is 0.738. The Balaban J connectivity index is 1.56. The molecule has 0 saturated carbocycles. The molecule has 3 heterocycles. The van der Waals surface area contributed by atoms with E-state index < -0.39 is 0 Å². The smallest absolute Gasteiger partial charge is 0.258 e. The summed E-state index contributed by atoms with van der Waals surface area (Å²) >= 11 is 0. The van der Waals surface area contributed by atoms with Gasteiger partial charge in [-0.2, -0.15) is 0 Å². The van der Waals surface area contributed by atoms with Gasteiger partial charge in [-0.1, -0.05) is 42.5 Å². The fourth-order valence-corrected chi connectivity index (χ4v) is 4.66. The van der Waals surface area contributed by atoms with Gasteiger partial charge in [0.1, 0.15) is 5.52 Å². The zero-order valence-corrected chi connectivity index (χ0v) is 14.9. The zero-order chi connectivity index (χ0) is 18.4. The van der Waals surface area contributed by atoms with Crippen LogP contribution in [0, 0.1) is 11.8 Å². The van der Waals surface area contributed by atoms with Crippen molar-refractivity contribution in [1.82, 2.24) is 15.2 Å². The second-order valence-electron chi connectivity index (χ2n) is 7.43. The van der Waals surface area contributed by atoms with Crippen molar-refractivity contribution >= 4 is 16.8 Å². The fourth-order valence-electron chi connectivity index (χ4n) is 4.66. The van der Waals surface area contributed by atoms with Crippen molar-refractivity contribution in [3.05, 3.63) is 71.9 Å². The van der Waals surface area contributed by atoms with Gasteiger partial charge in [-0.15, -0.1) is 0 Å². The second-order valence-corrected chi connectivity index (χ2v) is 7.43. The average molecular weight is 359 g/mol. The van der Waals surface area contributed by atoms with Gasteiger partial charge in [-0.3, -0.25) is 9.78 Å². The number of likely N-dealkylation sites (tertiary alicyclic amines) is 1. The number of phenolic OH excluding ortho intramolecular Hbond substituents is 1. The maximum atomic E-state index is 13.4. The number of phenols is 1. The summed E-state index contributed by atoms with van der Waals surface area (Å²) < 4.78 is 0. The number of fused-ring (bicyclic) bond motifs is 2. The molecule has 5 rings (SSSR count). The molecule has 1 aromatic heterocycles. The SMILES string of the molecule is O=C(c1ccc2cccnc2c1O)N1C[C@@H]2CNC[C@@H]2[C@H]1c1ccccc1. The molecular formula is C22H21N3O2. The van der Waals surface area contributed by atoms with Gasteiger partial charge in [0.25, 0.3) is 5.91 Å². The van der Waals surface area contributed by atoms with Gasteiger partial charge < -0.3 is 15.3 Å². The summed E-state index contributed by atoms with van der Waals surface area (Å²) in [5.41, 5.74) is 1.95. The van der Waals surface area contributed by atoms with Crippen LogP contribution in [0.2, 0.25) is 0 Å². The molecule has 136 valence electrons. The monoisotopic (exact) mass is 359 g/mol. The first-order chi connectivity index (χ1) is 13.2. The Morgan fingerprint density at radius 3 is 2.78 bits per heavy atom. The average Bonchev–Trinajstić information content (AvgIpc) is 3.30. The highest BCUT2D eigenvalue weighted by Crippen LogP contribution is 2.44. The number of carbonyl (C=O) groups is 1. The number of benzene rings is 2. The number of aromatic hydroxyl groups is 1. The first kappa shape index (κ1) is 16.3. The van der Waals surface area contributed by atoms with Crippen LogP contribution >= 0.6 is 0 Å². The van der Waals surface area contributed by atoms with Crippen molar-refractivity contribution in [2.75, 3.05) is 19.6 Å². The number of nitrogens with zero attached hydrogens (tertiary/aromatic N) is 2. The number of aromatic nitrogens is 1. The highest BCUT2D eigenvalue weighted by atomic mass is 16.3. The number of carbonyl (C=O) groups excluding carboxylic acids is 1. The minimum absolute atomic E-state index is 0.0255. The molecule has 2 aromatic carbocycles. The van der Waals surface area contributed by atoms with E-state index in [1.807, 2.05) is 41.3 Å². The minimum atomic E-state index is -0.122. The van der Waals surface area contributed by atoms with Gasteiger partial charge in [0.15, 0.2) is 5.75 Å². The number of hydrogen-bond donors (Lipinski definition) is 2. The van der Waals surface area contributed by atoms with Crippen LogP contribution in [-0.4, -0.2) is 40.5 Å². The molecule has 27 heavy (non-hydrogen) atoms. The molecule has 2 N–H and O–H groups in total. The lowest BCUT2D eigenvalue weighted by Gasteiger charge is -2.29. The molecule has 5 heteroatoms. The van der Waals surface area contributed by atoms with E-state index in [9.17, 15) is 9.90 Å². The van der Waals surface area contributed by atoms with E-state index in [0.29, 0.717) is 29.5 Å². The lowest BCUT2D eigenvalue weighted by atomic mass is 9.89. The van der Waals surface area contributed by atoms with E-state index in [1.165, 1.54) is 0 Å². The maximum Gasteiger partial charge on any atom is 0.258 e. The summed E-state index contributed by atoms with van der Waals surface area (Å²) in [5, 5.41) is 15.0.